The van der Waals surface area contributed by atoms with Crippen molar-refractivity contribution in [3.8, 4) is 0 Å². The molecule has 1 aromatic carbocycles. The van der Waals surface area contributed by atoms with Gasteiger partial charge in [-0.2, -0.15) is 11.8 Å². The second kappa shape index (κ2) is 6.19. The number of hydrogen-bond donors (Lipinski definition) is 2. The second-order valence-electron chi connectivity index (χ2n) is 5.63. The van der Waals surface area contributed by atoms with Gasteiger partial charge >= 0.3 is 0 Å². The van der Waals surface area contributed by atoms with Crippen LogP contribution in [0, 0.1) is 13.8 Å². The summed E-state index contributed by atoms with van der Waals surface area (Å²) in [6.45, 7) is 6.11. The van der Waals surface area contributed by atoms with Crippen molar-refractivity contribution in [2.75, 3.05) is 11.5 Å². The van der Waals surface area contributed by atoms with E-state index in [1.807, 2.05) is 19.1 Å². The molecule has 0 aromatic heterocycles. The van der Waals surface area contributed by atoms with Crippen molar-refractivity contribution < 1.29 is 9.90 Å². The smallest absolute Gasteiger partial charge is 0.252 e. The standard InChI is InChI=1S/C16H23NO2S/c1-11-5-4-6-14(12(11)2)13(3)17-15(18)16(19)7-9-20-10-8-16/h4-6,13,19H,7-10H2,1-3H3,(H,17,18). The molecule has 1 aliphatic rings. The molecule has 0 radical (unpaired) electrons. The zero-order valence-electron chi connectivity index (χ0n) is 12.4. The SMILES string of the molecule is Cc1cccc(C(C)NC(=O)C2(O)CCSCC2)c1C. The van der Waals surface area contributed by atoms with Gasteiger partial charge in [-0.1, -0.05) is 18.2 Å². The first kappa shape index (κ1) is 15.4. The molecule has 2 rings (SSSR count). The van der Waals surface area contributed by atoms with Crippen LogP contribution in [-0.2, 0) is 4.79 Å². The van der Waals surface area contributed by atoms with Crippen molar-refractivity contribution in [3.63, 3.8) is 0 Å². The number of thioether (sulfide) groups is 1. The fraction of sp³-hybridized carbons (Fsp3) is 0.562. The molecule has 1 amide bonds. The molecular formula is C16H23NO2S. The van der Waals surface area contributed by atoms with Crippen LogP contribution in [-0.4, -0.2) is 28.1 Å². The van der Waals surface area contributed by atoms with Gasteiger partial charge in [0.05, 0.1) is 6.04 Å². The van der Waals surface area contributed by atoms with Crippen LogP contribution in [0.15, 0.2) is 18.2 Å². The van der Waals surface area contributed by atoms with Gasteiger partial charge < -0.3 is 10.4 Å². The molecule has 1 unspecified atom stereocenters. The van der Waals surface area contributed by atoms with Gasteiger partial charge in [-0.3, -0.25) is 4.79 Å². The van der Waals surface area contributed by atoms with Crippen molar-refractivity contribution in [3.05, 3.63) is 34.9 Å². The van der Waals surface area contributed by atoms with E-state index in [1.54, 1.807) is 11.8 Å². The van der Waals surface area contributed by atoms with Crippen LogP contribution in [0.2, 0.25) is 0 Å². The highest BCUT2D eigenvalue weighted by molar-refractivity contribution is 7.99. The molecule has 1 aromatic rings. The number of nitrogens with one attached hydrogen (secondary N) is 1. The van der Waals surface area contributed by atoms with E-state index in [1.165, 1.54) is 11.1 Å². The molecule has 3 nitrogen and oxygen atoms in total. The third-order valence-corrected chi connectivity index (χ3v) is 5.19. The molecule has 1 atom stereocenters. The molecule has 1 heterocycles. The maximum atomic E-state index is 12.3. The molecule has 1 fully saturated rings. The van der Waals surface area contributed by atoms with Gasteiger partial charge in [0, 0.05) is 0 Å². The summed E-state index contributed by atoms with van der Waals surface area (Å²) < 4.78 is 0. The van der Waals surface area contributed by atoms with E-state index in [-0.39, 0.29) is 11.9 Å². The van der Waals surface area contributed by atoms with Gasteiger partial charge in [0.15, 0.2) is 0 Å². The normalized spacial score (nSPS) is 19.4. The Hall–Kier alpha value is -1.00. The van der Waals surface area contributed by atoms with Crippen molar-refractivity contribution in [2.45, 2.75) is 45.3 Å². The lowest BCUT2D eigenvalue weighted by Crippen LogP contribution is -2.49. The second-order valence-corrected chi connectivity index (χ2v) is 6.85. The summed E-state index contributed by atoms with van der Waals surface area (Å²) in [6, 6.07) is 6.03. The third-order valence-electron chi connectivity index (χ3n) is 4.20. The fourth-order valence-corrected chi connectivity index (χ4v) is 3.76. The van der Waals surface area contributed by atoms with Crippen molar-refractivity contribution in [2.24, 2.45) is 0 Å². The number of carbonyl (C=O) groups is 1. The van der Waals surface area contributed by atoms with Crippen molar-refractivity contribution >= 4 is 17.7 Å². The van der Waals surface area contributed by atoms with Gasteiger partial charge in [0.2, 0.25) is 0 Å². The predicted molar refractivity (Wildman–Crippen MR) is 84.0 cm³/mol. The Labute approximate surface area is 125 Å². The van der Waals surface area contributed by atoms with Crippen LogP contribution in [0.4, 0.5) is 0 Å². The van der Waals surface area contributed by atoms with Crippen molar-refractivity contribution in [1.29, 1.82) is 0 Å². The molecular weight excluding hydrogens is 270 g/mol. The Balaban J connectivity index is 2.09. The number of rotatable bonds is 3. The zero-order chi connectivity index (χ0) is 14.8. The van der Waals surface area contributed by atoms with Gasteiger partial charge in [-0.05, 0) is 61.8 Å². The number of hydrogen-bond acceptors (Lipinski definition) is 3. The van der Waals surface area contributed by atoms with E-state index in [0.29, 0.717) is 12.8 Å². The summed E-state index contributed by atoms with van der Waals surface area (Å²) >= 11 is 1.79. The molecule has 4 heteroatoms. The molecule has 0 aliphatic carbocycles. The van der Waals surface area contributed by atoms with Gasteiger partial charge in [0.25, 0.3) is 5.91 Å². The van der Waals surface area contributed by atoms with Crippen LogP contribution in [0.5, 0.6) is 0 Å². The lowest BCUT2D eigenvalue weighted by molar-refractivity contribution is -0.141. The van der Waals surface area contributed by atoms with Crippen LogP contribution >= 0.6 is 11.8 Å². The highest BCUT2D eigenvalue weighted by Crippen LogP contribution is 2.28. The minimum absolute atomic E-state index is 0.0824. The first-order valence-corrected chi connectivity index (χ1v) is 8.27. The summed E-state index contributed by atoms with van der Waals surface area (Å²) in [6.07, 6.45) is 1.09. The minimum Gasteiger partial charge on any atom is -0.380 e. The molecule has 0 saturated carbocycles. The summed E-state index contributed by atoms with van der Waals surface area (Å²) in [7, 11) is 0. The Morgan fingerprint density at radius 3 is 2.65 bits per heavy atom. The monoisotopic (exact) mass is 293 g/mol. The predicted octanol–water partition coefficient (Wildman–Crippen LogP) is 2.74. The van der Waals surface area contributed by atoms with E-state index in [0.717, 1.165) is 17.1 Å². The maximum absolute atomic E-state index is 12.3. The molecule has 0 bridgehead atoms. The maximum Gasteiger partial charge on any atom is 0.252 e. The average Bonchev–Trinajstić information content (AvgIpc) is 2.42. The first-order valence-electron chi connectivity index (χ1n) is 7.11. The number of amides is 1. The van der Waals surface area contributed by atoms with Crippen LogP contribution in [0.1, 0.15) is 42.5 Å². The Morgan fingerprint density at radius 2 is 2.00 bits per heavy atom. The highest BCUT2D eigenvalue weighted by atomic mass is 32.2. The Morgan fingerprint density at radius 1 is 1.35 bits per heavy atom. The van der Waals surface area contributed by atoms with E-state index >= 15 is 0 Å². The highest BCUT2D eigenvalue weighted by Gasteiger charge is 2.37. The molecule has 1 aliphatic heterocycles. The van der Waals surface area contributed by atoms with Crippen LogP contribution in [0.3, 0.4) is 0 Å². The van der Waals surface area contributed by atoms with Gasteiger partial charge in [-0.15, -0.1) is 0 Å². The molecule has 2 N–H and O–H groups in total. The topological polar surface area (TPSA) is 49.3 Å². The third kappa shape index (κ3) is 3.18. The first-order chi connectivity index (χ1) is 9.44. The number of aryl methyl sites for hydroxylation is 1. The van der Waals surface area contributed by atoms with Crippen LogP contribution in [0.25, 0.3) is 0 Å². The van der Waals surface area contributed by atoms with Gasteiger partial charge in [0.1, 0.15) is 5.60 Å². The van der Waals surface area contributed by atoms with E-state index in [9.17, 15) is 9.90 Å². The molecule has 20 heavy (non-hydrogen) atoms. The fourth-order valence-electron chi connectivity index (χ4n) is 2.59. The number of carbonyl (C=O) groups excluding carboxylic acids is 1. The Bertz CT molecular complexity index is 495. The molecule has 110 valence electrons. The summed E-state index contributed by atoms with van der Waals surface area (Å²) in [5.74, 6) is 1.47. The quantitative estimate of drug-likeness (QED) is 0.901. The minimum atomic E-state index is -1.18. The van der Waals surface area contributed by atoms with E-state index in [2.05, 4.69) is 25.2 Å². The largest absolute Gasteiger partial charge is 0.380 e. The Kier molecular flexibility index (Phi) is 4.76. The van der Waals surface area contributed by atoms with Crippen LogP contribution < -0.4 is 5.32 Å². The molecule has 0 spiro atoms. The zero-order valence-corrected chi connectivity index (χ0v) is 13.2. The average molecular weight is 293 g/mol. The lowest BCUT2D eigenvalue weighted by Gasteiger charge is -2.32. The summed E-state index contributed by atoms with van der Waals surface area (Å²) in [4.78, 5) is 12.3. The van der Waals surface area contributed by atoms with Gasteiger partial charge in [-0.25, -0.2) is 0 Å². The summed E-state index contributed by atoms with van der Waals surface area (Å²) in [5, 5.41) is 13.4. The summed E-state index contributed by atoms with van der Waals surface area (Å²) in [5.41, 5.74) is 2.35. The lowest BCUT2D eigenvalue weighted by atomic mass is 9.93. The van der Waals surface area contributed by atoms with E-state index < -0.39 is 5.60 Å². The van der Waals surface area contributed by atoms with Crippen molar-refractivity contribution in [1.82, 2.24) is 5.32 Å². The van der Waals surface area contributed by atoms with E-state index in [4.69, 9.17) is 0 Å². The number of aliphatic hydroxyl groups is 1. The molecule has 1 saturated heterocycles. The number of benzene rings is 1.